The Labute approximate surface area is 154 Å². The normalized spacial score (nSPS) is 11.2. The molecular formula is C18H27N7O. The Bertz CT molecular complexity index is 670. The number of hydrogen-bond acceptors (Lipinski definition) is 4. The zero-order valence-electron chi connectivity index (χ0n) is 15.4. The average molecular weight is 357 g/mol. The average Bonchev–Trinajstić information content (AvgIpc) is 3.19. The second kappa shape index (κ2) is 10.9. The summed E-state index contributed by atoms with van der Waals surface area (Å²) >= 11 is 0. The molecule has 140 valence electrons. The highest BCUT2D eigenvalue weighted by Gasteiger charge is 2.09. The van der Waals surface area contributed by atoms with Gasteiger partial charge in [-0.05, 0) is 24.6 Å². The van der Waals surface area contributed by atoms with Gasteiger partial charge in [0.15, 0.2) is 5.96 Å². The smallest absolute Gasteiger partial charge is 0.241 e. The van der Waals surface area contributed by atoms with Crippen molar-refractivity contribution in [2.24, 2.45) is 4.99 Å². The van der Waals surface area contributed by atoms with E-state index in [0.29, 0.717) is 12.5 Å². The van der Waals surface area contributed by atoms with E-state index in [2.05, 4.69) is 25.7 Å². The molecule has 1 amide bonds. The topological polar surface area (TPSA) is 87.4 Å². The van der Waals surface area contributed by atoms with Gasteiger partial charge in [0, 0.05) is 64.4 Å². The SMILES string of the molecule is CN=C(NCCCn1cccn1)NCC(=O)N(C)CCc1ccccn1. The van der Waals surface area contributed by atoms with Crippen LogP contribution in [0.5, 0.6) is 0 Å². The fourth-order valence-corrected chi connectivity index (χ4v) is 2.35. The van der Waals surface area contributed by atoms with Gasteiger partial charge in [0.1, 0.15) is 0 Å². The standard InChI is InChI=1S/C18H27N7O/c1-19-18(21-10-5-12-25-13-6-11-23-25)22-15-17(26)24(2)14-8-16-7-3-4-9-20-16/h3-4,6-7,9,11,13H,5,8,10,12,14-15H2,1-2H3,(H2,19,21,22). The van der Waals surface area contributed by atoms with E-state index in [0.717, 1.165) is 31.6 Å². The summed E-state index contributed by atoms with van der Waals surface area (Å²) in [5, 5.41) is 10.4. The van der Waals surface area contributed by atoms with Crippen LogP contribution in [0.4, 0.5) is 0 Å². The molecule has 0 saturated carbocycles. The Morgan fingerprint density at radius 2 is 2.15 bits per heavy atom. The minimum atomic E-state index is 0.0143. The van der Waals surface area contributed by atoms with Gasteiger partial charge in [-0.2, -0.15) is 5.10 Å². The number of nitrogens with zero attached hydrogens (tertiary/aromatic N) is 5. The summed E-state index contributed by atoms with van der Waals surface area (Å²) in [5.74, 6) is 0.636. The van der Waals surface area contributed by atoms with Crippen LogP contribution < -0.4 is 10.6 Å². The molecule has 2 heterocycles. The van der Waals surface area contributed by atoms with E-state index >= 15 is 0 Å². The second-order valence-electron chi connectivity index (χ2n) is 5.86. The van der Waals surface area contributed by atoms with Crippen molar-refractivity contribution in [3.05, 3.63) is 48.5 Å². The minimum absolute atomic E-state index is 0.0143. The molecule has 0 aliphatic heterocycles. The first-order chi connectivity index (χ1) is 12.7. The van der Waals surface area contributed by atoms with Crippen molar-refractivity contribution in [3.8, 4) is 0 Å². The molecule has 0 aliphatic carbocycles. The van der Waals surface area contributed by atoms with E-state index < -0.39 is 0 Å². The van der Waals surface area contributed by atoms with Gasteiger partial charge >= 0.3 is 0 Å². The number of carbonyl (C=O) groups is 1. The molecule has 0 fully saturated rings. The van der Waals surface area contributed by atoms with E-state index in [-0.39, 0.29) is 12.5 Å². The molecule has 2 rings (SSSR count). The number of amides is 1. The monoisotopic (exact) mass is 357 g/mol. The molecule has 8 heteroatoms. The minimum Gasteiger partial charge on any atom is -0.356 e. The largest absolute Gasteiger partial charge is 0.356 e. The summed E-state index contributed by atoms with van der Waals surface area (Å²) in [6.45, 7) is 2.43. The third-order valence-electron chi connectivity index (χ3n) is 3.90. The van der Waals surface area contributed by atoms with Crippen LogP contribution in [0.15, 0.2) is 47.8 Å². The first-order valence-electron chi connectivity index (χ1n) is 8.75. The number of nitrogens with one attached hydrogen (secondary N) is 2. The summed E-state index contributed by atoms with van der Waals surface area (Å²) in [4.78, 5) is 22.3. The maximum Gasteiger partial charge on any atom is 0.241 e. The summed E-state index contributed by atoms with van der Waals surface area (Å²) in [5.41, 5.74) is 0.981. The highest BCUT2D eigenvalue weighted by atomic mass is 16.2. The Hall–Kier alpha value is -2.90. The molecule has 2 aromatic rings. The van der Waals surface area contributed by atoms with Crippen molar-refractivity contribution in [3.63, 3.8) is 0 Å². The van der Waals surface area contributed by atoms with Gasteiger partial charge in [0.25, 0.3) is 0 Å². The number of aliphatic imine (C=N–C) groups is 1. The van der Waals surface area contributed by atoms with Gasteiger partial charge in [-0.1, -0.05) is 6.07 Å². The van der Waals surface area contributed by atoms with Crippen molar-refractivity contribution in [2.45, 2.75) is 19.4 Å². The summed E-state index contributed by atoms with van der Waals surface area (Å²) in [6.07, 6.45) is 7.13. The predicted molar refractivity (Wildman–Crippen MR) is 102 cm³/mol. The molecule has 26 heavy (non-hydrogen) atoms. The molecule has 0 saturated heterocycles. The van der Waals surface area contributed by atoms with Crippen molar-refractivity contribution in [2.75, 3.05) is 33.7 Å². The van der Waals surface area contributed by atoms with Gasteiger partial charge < -0.3 is 15.5 Å². The molecule has 0 aliphatic rings. The number of carbonyl (C=O) groups excluding carboxylic acids is 1. The number of guanidine groups is 1. The van der Waals surface area contributed by atoms with Crippen LogP contribution in [-0.2, 0) is 17.8 Å². The highest BCUT2D eigenvalue weighted by molar-refractivity contribution is 5.86. The van der Waals surface area contributed by atoms with Crippen LogP contribution in [0.1, 0.15) is 12.1 Å². The highest BCUT2D eigenvalue weighted by Crippen LogP contribution is 1.96. The van der Waals surface area contributed by atoms with Gasteiger partial charge in [0.2, 0.25) is 5.91 Å². The molecule has 8 nitrogen and oxygen atoms in total. The zero-order chi connectivity index (χ0) is 18.6. The number of likely N-dealkylation sites (N-methyl/N-ethyl adjacent to an activating group) is 1. The molecule has 0 unspecified atom stereocenters. The molecule has 0 aromatic carbocycles. The van der Waals surface area contributed by atoms with Crippen molar-refractivity contribution >= 4 is 11.9 Å². The van der Waals surface area contributed by atoms with E-state index in [1.165, 1.54) is 0 Å². The number of pyridine rings is 1. The quantitative estimate of drug-likeness (QED) is 0.388. The van der Waals surface area contributed by atoms with Crippen LogP contribution in [0.25, 0.3) is 0 Å². The van der Waals surface area contributed by atoms with Gasteiger partial charge in [-0.15, -0.1) is 0 Å². The summed E-state index contributed by atoms with van der Waals surface area (Å²) < 4.78 is 1.89. The Balaban J connectivity index is 1.62. The molecule has 2 N–H and O–H groups in total. The van der Waals surface area contributed by atoms with E-state index in [1.807, 2.05) is 35.1 Å². The van der Waals surface area contributed by atoms with Crippen molar-refractivity contribution < 1.29 is 4.79 Å². The second-order valence-corrected chi connectivity index (χ2v) is 5.86. The predicted octanol–water partition coefficient (Wildman–Crippen LogP) is 0.534. The lowest BCUT2D eigenvalue weighted by atomic mass is 10.2. The van der Waals surface area contributed by atoms with Gasteiger partial charge in [-0.25, -0.2) is 0 Å². The fourth-order valence-electron chi connectivity index (χ4n) is 2.35. The first-order valence-corrected chi connectivity index (χ1v) is 8.75. The molecule has 2 aromatic heterocycles. The lowest BCUT2D eigenvalue weighted by Gasteiger charge is -2.18. The number of aromatic nitrogens is 3. The first kappa shape index (κ1) is 19.4. The molecule has 0 bridgehead atoms. The fraction of sp³-hybridized carbons (Fsp3) is 0.444. The molecular weight excluding hydrogens is 330 g/mol. The Kier molecular flexibility index (Phi) is 8.11. The molecule has 0 spiro atoms. The van der Waals surface area contributed by atoms with Crippen molar-refractivity contribution in [1.82, 2.24) is 30.3 Å². The summed E-state index contributed by atoms with van der Waals surface area (Å²) in [6, 6.07) is 7.71. The molecule has 0 radical (unpaired) electrons. The van der Waals surface area contributed by atoms with Crippen molar-refractivity contribution in [1.29, 1.82) is 0 Å². The van der Waals surface area contributed by atoms with Crippen LogP contribution in [0, 0.1) is 0 Å². The van der Waals surface area contributed by atoms with Gasteiger partial charge in [-0.3, -0.25) is 19.5 Å². The van der Waals surface area contributed by atoms with Gasteiger partial charge in [0.05, 0.1) is 6.54 Å². The van der Waals surface area contributed by atoms with E-state index in [1.54, 1.807) is 31.4 Å². The third-order valence-corrected chi connectivity index (χ3v) is 3.90. The van der Waals surface area contributed by atoms with Crippen LogP contribution in [0.2, 0.25) is 0 Å². The van der Waals surface area contributed by atoms with Crippen LogP contribution >= 0.6 is 0 Å². The maximum atomic E-state index is 12.2. The molecule has 0 atom stereocenters. The summed E-state index contributed by atoms with van der Waals surface area (Å²) in [7, 11) is 3.49. The Morgan fingerprint density at radius 1 is 1.27 bits per heavy atom. The number of hydrogen-bond donors (Lipinski definition) is 2. The van der Waals surface area contributed by atoms with Crippen LogP contribution in [0.3, 0.4) is 0 Å². The van der Waals surface area contributed by atoms with Crippen LogP contribution in [-0.4, -0.2) is 65.3 Å². The van der Waals surface area contributed by atoms with E-state index in [4.69, 9.17) is 0 Å². The Morgan fingerprint density at radius 3 is 2.85 bits per heavy atom. The zero-order valence-corrected chi connectivity index (χ0v) is 15.4. The number of aryl methyl sites for hydroxylation is 1. The lowest BCUT2D eigenvalue weighted by molar-refractivity contribution is -0.128. The lowest BCUT2D eigenvalue weighted by Crippen LogP contribution is -2.44. The maximum absolute atomic E-state index is 12.2. The third kappa shape index (κ3) is 6.92. The number of rotatable bonds is 9. The van der Waals surface area contributed by atoms with E-state index in [9.17, 15) is 4.79 Å².